The summed E-state index contributed by atoms with van der Waals surface area (Å²) in [7, 11) is 2.06. The van der Waals surface area contributed by atoms with Crippen molar-refractivity contribution in [2.45, 2.75) is 13.3 Å². The topological polar surface area (TPSA) is 58.6 Å². The molecule has 154 valence electrons. The number of rotatable bonds is 5. The van der Waals surface area contributed by atoms with E-state index in [1.165, 1.54) is 0 Å². The first-order valence-electron chi connectivity index (χ1n) is 10.3. The van der Waals surface area contributed by atoms with Gasteiger partial charge in [-0.15, -0.1) is 0 Å². The lowest BCUT2D eigenvalue weighted by atomic mass is 10.1. The molecule has 0 atom stereocenters. The van der Waals surface area contributed by atoms with Crippen molar-refractivity contribution < 1.29 is 9.53 Å². The molecule has 1 saturated heterocycles. The number of likely N-dealkylation sites (N-methyl/N-ethyl adjacent to an activating group) is 1. The molecule has 0 aliphatic carbocycles. The molecule has 6 nitrogen and oxygen atoms in total. The smallest absolute Gasteiger partial charge is 0.261 e. The van der Waals surface area contributed by atoms with Crippen LogP contribution < -0.4 is 4.74 Å². The van der Waals surface area contributed by atoms with Crippen LogP contribution in [0, 0.1) is 0 Å². The quantitative estimate of drug-likeness (QED) is 0.648. The standard InChI is InChI=1S/C24H26N4O2/c1-3-18-8-7-11-20(16-18)30-23-21(24(29)28-14-12-27(2)13-15-28)17-25-22(26-23)19-9-5-4-6-10-19/h4-11,16-17H,3,12-15H2,1-2H3. The maximum absolute atomic E-state index is 13.2. The van der Waals surface area contributed by atoms with Crippen LogP contribution >= 0.6 is 0 Å². The number of nitrogens with zero attached hydrogens (tertiary/aromatic N) is 4. The monoisotopic (exact) mass is 402 g/mol. The molecule has 6 heteroatoms. The molecule has 2 aromatic carbocycles. The Labute approximate surface area is 177 Å². The average molecular weight is 402 g/mol. The fraction of sp³-hybridized carbons (Fsp3) is 0.292. The van der Waals surface area contributed by atoms with Crippen molar-refractivity contribution in [2.75, 3.05) is 33.2 Å². The SMILES string of the molecule is CCc1cccc(Oc2nc(-c3ccccc3)ncc2C(=O)N2CCN(C)CC2)c1. The maximum atomic E-state index is 13.2. The molecule has 2 heterocycles. The van der Waals surface area contributed by atoms with Crippen LogP contribution in [0.25, 0.3) is 11.4 Å². The highest BCUT2D eigenvalue weighted by Crippen LogP contribution is 2.28. The van der Waals surface area contributed by atoms with Crippen LogP contribution in [0.15, 0.2) is 60.8 Å². The van der Waals surface area contributed by atoms with Crippen LogP contribution in [0.5, 0.6) is 11.6 Å². The number of piperazine rings is 1. The number of hydrogen-bond donors (Lipinski definition) is 0. The Morgan fingerprint density at radius 1 is 1.03 bits per heavy atom. The highest BCUT2D eigenvalue weighted by atomic mass is 16.5. The van der Waals surface area contributed by atoms with Crippen LogP contribution in [0.2, 0.25) is 0 Å². The van der Waals surface area contributed by atoms with Gasteiger partial charge in [0.05, 0.1) is 0 Å². The molecule has 0 spiro atoms. The summed E-state index contributed by atoms with van der Waals surface area (Å²) in [6.07, 6.45) is 2.50. The molecule has 0 bridgehead atoms. The van der Waals surface area contributed by atoms with Crippen LogP contribution in [-0.4, -0.2) is 58.9 Å². The second kappa shape index (κ2) is 9.05. The number of amides is 1. The van der Waals surface area contributed by atoms with Crippen molar-refractivity contribution in [3.63, 3.8) is 0 Å². The van der Waals surface area contributed by atoms with Crippen LogP contribution in [0.3, 0.4) is 0 Å². The minimum absolute atomic E-state index is 0.0932. The van der Waals surface area contributed by atoms with E-state index >= 15 is 0 Å². The van der Waals surface area contributed by atoms with E-state index in [0.717, 1.165) is 30.6 Å². The zero-order chi connectivity index (χ0) is 20.9. The van der Waals surface area contributed by atoms with Gasteiger partial charge in [0.15, 0.2) is 5.82 Å². The van der Waals surface area contributed by atoms with Gasteiger partial charge in [0.2, 0.25) is 5.88 Å². The van der Waals surface area contributed by atoms with Gasteiger partial charge in [-0.25, -0.2) is 4.98 Å². The number of aromatic nitrogens is 2. The summed E-state index contributed by atoms with van der Waals surface area (Å²) in [4.78, 5) is 26.4. The molecule has 1 fully saturated rings. The third-order valence-electron chi connectivity index (χ3n) is 5.33. The first-order valence-corrected chi connectivity index (χ1v) is 10.3. The summed E-state index contributed by atoms with van der Waals surface area (Å²) in [5.41, 5.74) is 2.43. The highest BCUT2D eigenvalue weighted by molar-refractivity contribution is 5.96. The second-order valence-corrected chi connectivity index (χ2v) is 7.48. The fourth-order valence-electron chi connectivity index (χ4n) is 3.44. The number of benzene rings is 2. The second-order valence-electron chi connectivity index (χ2n) is 7.48. The van der Waals surface area contributed by atoms with Crippen molar-refractivity contribution in [1.29, 1.82) is 0 Å². The maximum Gasteiger partial charge on any atom is 0.261 e. The molecule has 0 N–H and O–H groups in total. The number of carbonyl (C=O) groups excluding carboxylic acids is 1. The molecular weight excluding hydrogens is 376 g/mol. The summed E-state index contributed by atoms with van der Waals surface area (Å²) < 4.78 is 6.14. The first-order chi connectivity index (χ1) is 14.6. The third kappa shape index (κ3) is 4.49. The van der Waals surface area contributed by atoms with Gasteiger partial charge < -0.3 is 14.5 Å². The molecule has 3 aromatic rings. The summed E-state index contributed by atoms with van der Waals surface area (Å²) in [6.45, 7) is 5.16. The van der Waals surface area contributed by atoms with E-state index in [9.17, 15) is 4.79 Å². The summed E-state index contributed by atoms with van der Waals surface area (Å²) in [6, 6.07) is 17.6. The van der Waals surface area contributed by atoms with Gasteiger partial charge in [0.25, 0.3) is 5.91 Å². The number of aryl methyl sites for hydroxylation is 1. The Kier molecular flexibility index (Phi) is 6.05. The molecule has 30 heavy (non-hydrogen) atoms. The van der Waals surface area contributed by atoms with E-state index in [2.05, 4.69) is 34.9 Å². The van der Waals surface area contributed by atoms with Gasteiger partial charge in [-0.3, -0.25) is 4.79 Å². The highest BCUT2D eigenvalue weighted by Gasteiger charge is 2.25. The molecule has 1 amide bonds. The van der Waals surface area contributed by atoms with Crippen molar-refractivity contribution >= 4 is 5.91 Å². The van der Waals surface area contributed by atoms with E-state index in [4.69, 9.17) is 4.74 Å². The molecule has 0 saturated carbocycles. The summed E-state index contributed by atoms with van der Waals surface area (Å²) >= 11 is 0. The Balaban J connectivity index is 1.70. The number of hydrogen-bond acceptors (Lipinski definition) is 5. The number of carbonyl (C=O) groups is 1. The minimum Gasteiger partial charge on any atom is -0.438 e. The summed E-state index contributed by atoms with van der Waals surface area (Å²) in [5.74, 6) is 1.40. The Bertz CT molecular complexity index is 1010. The fourth-order valence-corrected chi connectivity index (χ4v) is 3.44. The van der Waals surface area contributed by atoms with Crippen LogP contribution in [0.4, 0.5) is 0 Å². The van der Waals surface area contributed by atoms with Crippen molar-refractivity contribution in [2.24, 2.45) is 0 Å². The first kappa shape index (κ1) is 20.0. The molecule has 1 aliphatic heterocycles. The van der Waals surface area contributed by atoms with Gasteiger partial charge in [-0.05, 0) is 31.2 Å². The molecule has 4 rings (SSSR count). The largest absolute Gasteiger partial charge is 0.438 e. The number of ether oxygens (including phenoxy) is 1. The van der Waals surface area contributed by atoms with Gasteiger partial charge in [0, 0.05) is 37.9 Å². The molecule has 0 unspecified atom stereocenters. The Morgan fingerprint density at radius 2 is 1.80 bits per heavy atom. The average Bonchev–Trinajstić information content (AvgIpc) is 2.80. The van der Waals surface area contributed by atoms with Crippen molar-refractivity contribution in [3.8, 4) is 23.0 Å². The zero-order valence-corrected chi connectivity index (χ0v) is 17.4. The summed E-state index contributed by atoms with van der Waals surface area (Å²) in [5, 5.41) is 0. The third-order valence-corrected chi connectivity index (χ3v) is 5.33. The van der Waals surface area contributed by atoms with Crippen molar-refractivity contribution in [1.82, 2.24) is 19.8 Å². The van der Waals surface area contributed by atoms with E-state index < -0.39 is 0 Å². The Hall–Kier alpha value is -3.25. The lowest BCUT2D eigenvalue weighted by Gasteiger charge is -2.32. The minimum atomic E-state index is -0.0932. The van der Waals surface area contributed by atoms with Gasteiger partial charge in [0.1, 0.15) is 11.3 Å². The van der Waals surface area contributed by atoms with Crippen LogP contribution in [0.1, 0.15) is 22.8 Å². The van der Waals surface area contributed by atoms with E-state index in [1.54, 1.807) is 6.20 Å². The lowest BCUT2D eigenvalue weighted by molar-refractivity contribution is 0.0660. The normalized spacial score (nSPS) is 14.5. The zero-order valence-electron chi connectivity index (χ0n) is 17.4. The predicted molar refractivity (Wildman–Crippen MR) is 117 cm³/mol. The van der Waals surface area contributed by atoms with E-state index in [-0.39, 0.29) is 5.91 Å². The van der Waals surface area contributed by atoms with Gasteiger partial charge in [-0.1, -0.05) is 49.4 Å². The van der Waals surface area contributed by atoms with E-state index in [0.29, 0.717) is 36.1 Å². The van der Waals surface area contributed by atoms with Gasteiger partial charge in [-0.2, -0.15) is 4.98 Å². The van der Waals surface area contributed by atoms with Gasteiger partial charge >= 0.3 is 0 Å². The molecular formula is C24H26N4O2. The lowest BCUT2D eigenvalue weighted by Crippen LogP contribution is -2.47. The Morgan fingerprint density at radius 3 is 2.53 bits per heavy atom. The molecule has 0 radical (unpaired) electrons. The van der Waals surface area contributed by atoms with Crippen LogP contribution in [-0.2, 0) is 6.42 Å². The molecule has 1 aliphatic rings. The molecule has 1 aromatic heterocycles. The predicted octanol–water partition coefficient (Wildman–Crippen LogP) is 3.89. The van der Waals surface area contributed by atoms with Crippen molar-refractivity contribution in [3.05, 3.63) is 71.9 Å². The van der Waals surface area contributed by atoms with E-state index in [1.807, 2.05) is 53.4 Å².